The van der Waals surface area contributed by atoms with Gasteiger partial charge in [0.2, 0.25) is 15.9 Å². The fourth-order valence-electron chi connectivity index (χ4n) is 2.34. The number of ether oxygens (including phenoxy) is 1. The number of methoxy groups -OCH3 is 1. The Kier molecular flexibility index (Phi) is 6.33. The lowest BCUT2D eigenvalue weighted by Gasteiger charge is -2.19. The number of likely N-dealkylation sites (N-methyl/N-ethyl adjacent to an activating group) is 1. The molecule has 2 aromatic carbocycles. The molecule has 0 unspecified atom stereocenters. The summed E-state index contributed by atoms with van der Waals surface area (Å²) < 4.78 is 43.8. The number of amides is 1. The van der Waals surface area contributed by atoms with Crippen molar-refractivity contribution in [3.05, 3.63) is 59.9 Å². The van der Waals surface area contributed by atoms with Crippen LogP contribution in [-0.4, -0.2) is 39.3 Å². The van der Waals surface area contributed by atoms with Gasteiger partial charge in [0.05, 0.1) is 24.6 Å². The number of sulfonamides is 1. The van der Waals surface area contributed by atoms with Crippen molar-refractivity contribution in [2.75, 3.05) is 20.7 Å². The van der Waals surface area contributed by atoms with Crippen LogP contribution < -0.4 is 10.1 Å². The third-order valence-electron chi connectivity index (χ3n) is 3.88. The second kappa shape index (κ2) is 8.29. The highest BCUT2D eigenvalue weighted by Gasteiger charge is 2.23. The largest absolute Gasteiger partial charge is 0.497 e. The van der Waals surface area contributed by atoms with Gasteiger partial charge in [0.25, 0.3) is 0 Å². The monoisotopic (exact) mass is 380 g/mol. The third-order valence-corrected chi connectivity index (χ3v) is 5.70. The number of carbonyl (C=O) groups excluding carboxylic acids is 1. The van der Waals surface area contributed by atoms with Crippen LogP contribution in [0.15, 0.2) is 53.4 Å². The van der Waals surface area contributed by atoms with Crippen molar-refractivity contribution in [1.82, 2.24) is 9.62 Å². The Morgan fingerprint density at radius 2 is 1.73 bits per heavy atom. The Morgan fingerprint density at radius 3 is 2.27 bits per heavy atom. The van der Waals surface area contributed by atoms with E-state index in [1.165, 1.54) is 19.2 Å². The first-order chi connectivity index (χ1) is 12.2. The van der Waals surface area contributed by atoms with E-state index in [0.29, 0.717) is 5.75 Å². The predicted molar refractivity (Wildman–Crippen MR) is 95.8 cm³/mol. The second-order valence-electron chi connectivity index (χ2n) is 5.78. The summed E-state index contributed by atoms with van der Waals surface area (Å²) in [5, 5.41) is 2.75. The molecule has 1 N–H and O–H groups in total. The minimum Gasteiger partial charge on any atom is -0.497 e. The van der Waals surface area contributed by atoms with Gasteiger partial charge < -0.3 is 10.1 Å². The molecule has 8 heteroatoms. The zero-order valence-electron chi connectivity index (χ0n) is 14.8. The van der Waals surface area contributed by atoms with Crippen molar-refractivity contribution in [3.63, 3.8) is 0 Å². The van der Waals surface area contributed by atoms with Crippen molar-refractivity contribution < 1.29 is 22.3 Å². The molecule has 0 aromatic heterocycles. The van der Waals surface area contributed by atoms with Gasteiger partial charge in [0.15, 0.2) is 0 Å². The van der Waals surface area contributed by atoms with Crippen molar-refractivity contribution in [3.8, 4) is 5.75 Å². The number of halogens is 1. The predicted octanol–water partition coefficient (Wildman–Crippen LogP) is 2.33. The maximum absolute atomic E-state index is 13.0. The number of benzene rings is 2. The molecule has 26 heavy (non-hydrogen) atoms. The van der Waals surface area contributed by atoms with Crippen molar-refractivity contribution in [2.24, 2.45) is 0 Å². The van der Waals surface area contributed by atoms with Gasteiger partial charge in [-0.25, -0.2) is 12.8 Å². The van der Waals surface area contributed by atoms with Gasteiger partial charge in [-0.1, -0.05) is 12.1 Å². The molecule has 0 bridgehead atoms. The average molecular weight is 380 g/mol. The third kappa shape index (κ3) is 4.80. The maximum atomic E-state index is 13.0. The van der Waals surface area contributed by atoms with E-state index < -0.39 is 21.7 Å². The molecule has 0 spiro atoms. The van der Waals surface area contributed by atoms with E-state index in [2.05, 4.69) is 5.32 Å². The van der Waals surface area contributed by atoms with Crippen LogP contribution in [0.2, 0.25) is 0 Å². The summed E-state index contributed by atoms with van der Waals surface area (Å²) in [4.78, 5) is 12.1. The van der Waals surface area contributed by atoms with E-state index in [9.17, 15) is 17.6 Å². The molecule has 0 saturated heterocycles. The number of hydrogen-bond acceptors (Lipinski definition) is 4. The smallest absolute Gasteiger partial charge is 0.243 e. The molecule has 0 fully saturated rings. The summed E-state index contributed by atoms with van der Waals surface area (Å²) in [6.45, 7) is 1.45. The van der Waals surface area contributed by atoms with Gasteiger partial charge in [-0.15, -0.1) is 0 Å². The molecule has 140 valence electrons. The molecule has 0 aliphatic rings. The highest BCUT2D eigenvalue weighted by atomic mass is 32.2. The zero-order valence-corrected chi connectivity index (χ0v) is 15.6. The number of carbonyl (C=O) groups is 1. The average Bonchev–Trinajstić information content (AvgIpc) is 2.61. The molecule has 0 radical (unpaired) electrons. The summed E-state index contributed by atoms with van der Waals surface area (Å²) in [5.41, 5.74) is 0.864. The molecule has 2 aromatic rings. The van der Waals surface area contributed by atoms with Gasteiger partial charge in [-0.05, 0) is 48.9 Å². The van der Waals surface area contributed by atoms with Crippen LogP contribution in [-0.2, 0) is 14.8 Å². The Bertz CT molecular complexity index is 852. The normalized spacial score (nSPS) is 12.7. The first-order valence-corrected chi connectivity index (χ1v) is 9.33. The van der Waals surface area contributed by atoms with Crippen molar-refractivity contribution in [2.45, 2.75) is 17.9 Å². The fourth-order valence-corrected chi connectivity index (χ4v) is 3.46. The maximum Gasteiger partial charge on any atom is 0.243 e. The quantitative estimate of drug-likeness (QED) is 0.800. The van der Waals surface area contributed by atoms with E-state index in [1.54, 1.807) is 26.2 Å². The lowest BCUT2D eigenvalue weighted by atomic mass is 10.1. The van der Waals surface area contributed by atoms with Crippen LogP contribution >= 0.6 is 0 Å². The lowest BCUT2D eigenvalue weighted by Crippen LogP contribution is -2.39. The van der Waals surface area contributed by atoms with Crippen LogP contribution in [0.4, 0.5) is 4.39 Å². The van der Waals surface area contributed by atoms with E-state index >= 15 is 0 Å². The Hall–Kier alpha value is -2.45. The number of rotatable bonds is 7. The standard InChI is InChI=1S/C18H21FN2O4S/c1-13(14-4-8-16(25-3)9-5-14)20-18(22)12-21(2)26(23,24)17-10-6-15(19)7-11-17/h4-11,13H,12H2,1-3H3,(H,20,22)/t13-/m1/s1. The van der Waals surface area contributed by atoms with Gasteiger partial charge in [-0.3, -0.25) is 4.79 Å². The highest BCUT2D eigenvalue weighted by Crippen LogP contribution is 2.18. The van der Waals surface area contributed by atoms with Crippen LogP contribution in [0.5, 0.6) is 5.75 Å². The first kappa shape index (κ1) is 19.9. The van der Waals surface area contributed by atoms with E-state index in [4.69, 9.17) is 4.74 Å². The summed E-state index contributed by atoms with van der Waals surface area (Å²) >= 11 is 0. The number of nitrogens with one attached hydrogen (secondary N) is 1. The summed E-state index contributed by atoms with van der Waals surface area (Å²) in [7, 11) is -1.00. The van der Waals surface area contributed by atoms with Gasteiger partial charge >= 0.3 is 0 Å². The first-order valence-electron chi connectivity index (χ1n) is 7.89. The number of nitrogens with zero attached hydrogens (tertiary/aromatic N) is 1. The van der Waals surface area contributed by atoms with Crippen LogP contribution in [0.3, 0.4) is 0 Å². The van der Waals surface area contributed by atoms with Gasteiger partial charge in [-0.2, -0.15) is 4.31 Å². The molecule has 0 aliphatic carbocycles. The topological polar surface area (TPSA) is 75.7 Å². The van der Waals surface area contributed by atoms with Crippen LogP contribution in [0, 0.1) is 5.82 Å². The zero-order chi connectivity index (χ0) is 19.3. The van der Waals surface area contributed by atoms with Gasteiger partial charge in [0.1, 0.15) is 11.6 Å². The molecule has 2 rings (SSSR count). The fraction of sp³-hybridized carbons (Fsp3) is 0.278. The van der Waals surface area contributed by atoms with Crippen LogP contribution in [0.25, 0.3) is 0 Å². The van der Waals surface area contributed by atoms with E-state index in [-0.39, 0.29) is 17.5 Å². The Balaban J connectivity index is 2.00. The summed E-state index contributed by atoms with van der Waals surface area (Å²) in [6.07, 6.45) is 0. The summed E-state index contributed by atoms with van der Waals surface area (Å²) in [5.74, 6) is -0.267. The summed E-state index contributed by atoms with van der Waals surface area (Å²) in [6, 6.07) is 11.4. The van der Waals surface area contributed by atoms with E-state index in [1.807, 2.05) is 12.1 Å². The Labute approximate surface area is 152 Å². The van der Waals surface area contributed by atoms with Gasteiger partial charge in [0, 0.05) is 7.05 Å². The van der Waals surface area contributed by atoms with Crippen molar-refractivity contribution in [1.29, 1.82) is 0 Å². The molecule has 1 atom stereocenters. The van der Waals surface area contributed by atoms with E-state index in [0.717, 1.165) is 22.0 Å². The molecule has 0 heterocycles. The SMILES string of the molecule is COc1ccc([C@@H](C)NC(=O)CN(C)S(=O)(=O)c2ccc(F)cc2)cc1. The lowest BCUT2D eigenvalue weighted by molar-refractivity contribution is -0.121. The number of hydrogen-bond donors (Lipinski definition) is 1. The van der Waals surface area contributed by atoms with Crippen LogP contribution in [0.1, 0.15) is 18.5 Å². The molecule has 0 saturated carbocycles. The minimum absolute atomic E-state index is 0.0718. The second-order valence-corrected chi connectivity index (χ2v) is 7.82. The molecule has 6 nitrogen and oxygen atoms in total. The Morgan fingerprint density at radius 1 is 1.15 bits per heavy atom. The molecular weight excluding hydrogens is 359 g/mol. The molecular formula is C18H21FN2O4S. The van der Waals surface area contributed by atoms with Crippen molar-refractivity contribution >= 4 is 15.9 Å². The minimum atomic E-state index is -3.87. The molecule has 1 amide bonds. The highest BCUT2D eigenvalue weighted by molar-refractivity contribution is 7.89. The molecule has 0 aliphatic heterocycles.